The summed E-state index contributed by atoms with van der Waals surface area (Å²) in [5, 5.41) is 10.8. The molecule has 2 atom stereocenters. The molecule has 1 aliphatic heterocycles. The first-order valence-electron chi connectivity index (χ1n) is 9.17. The van der Waals surface area contributed by atoms with Gasteiger partial charge in [0.05, 0.1) is 11.5 Å². The fourth-order valence-corrected chi connectivity index (χ4v) is 4.80. The number of amides is 1. The summed E-state index contributed by atoms with van der Waals surface area (Å²) in [6, 6.07) is 10.1. The molecule has 0 radical (unpaired) electrons. The summed E-state index contributed by atoms with van der Waals surface area (Å²) < 4.78 is 6.29. The number of aliphatic hydroxyl groups is 1. The Bertz CT molecular complexity index is 700. The number of likely N-dealkylation sites (N-methyl/N-ethyl adjacent to an activating group) is 1. The Morgan fingerprint density at radius 1 is 1.35 bits per heavy atom. The minimum Gasteiger partial charge on any atom is -0.396 e. The smallest absolute Gasteiger partial charge is 0.263 e. The van der Waals surface area contributed by atoms with E-state index in [0.29, 0.717) is 19.1 Å². The fourth-order valence-electron chi connectivity index (χ4n) is 3.77. The van der Waals surface area contributed by atoms with Crippen molar-refractivity contribution in [2.24, 2.45) is 11.8 Å². The van der Waals surface area contributed by atoms with Crippen molar-refractivity contribution in [3.63, 3.8) is 0 Å². The number of methoxy groups -OCH3 is 1. The second-order valence-corrected chi connectivity index (χ2v) is 8.35. The maximum absolute atomic E-state index is 13.1. The van der Waals surface area contributed by atoms with Gasteiger partial charge in [0.2, 0.25) is 0 Å². The minimum absolute atomic E-state index is 0.0916. The molecular formula is C20H28N2O3S. The molecule has 0 spiro atoms. The van der Waals surface area contributed by atoms with Crippen LogP contribution in [0, 0.1) is 11.8 Å². The molecule has 1 N–H and O–H groups in total. The quantitative estimate of drug-likeness (QED) is 0.807. The predicted octanol–water partition coefficient (Wildman–Crippen LogP) is 2.55. The van der Waals surface area contributed by atoms with Gasteiger partial charge in [0, 0.05) is 44.6 Å². The molecule has 0 unspecified atom stereocenters. The monoisotopic (exact) mass is 376 g/mol. The number of nitrogens with zero attached hydrogens (tertiary/aromatic N) is 2. The van der Waals surface area contributed by atoms with Gasteiger partial charge in [-0.3, -0.25) is 4.79 Å². The van der Waals surface area contributed by atoms with E-state index in [9.17, 15) is 9.90 Å². The largest absolute Gasteiger partial charge is 0.396 e. The van der Waals surface area contributed by atoms with Crippen LogP contribution in [0.15, 0.2) is 30.3 Å². The van der Waals surface area contributed by atoms with Crippen LogP contribution in [0.4, 0.5) is 0 Å². The number of likely N-dealkylation sites (tertiary alicyclic amines) is 1. The van der Waals surface area contributed by atoms with Gasteiger partial charge >= 0.3 is 0 Å². The number of hydrogen-bond acceptors (Lipinski definition) is 5. The lowest BCUT2D eigenvalue weighted by Gasteiger charge is -2.38. The molecule has 1 saturated heterocycles. The van der Waals surface area contributed by atoms with Gasteiger partial charge in [0.25, 0.3) is 5.91 Å². The van der Waals surface area contributed by atoms with E-state index in [2.05, 4.69) is 18.0 Å². The number of carbonyl (C=O) groups is 1. The van der Waals surface area contributed by atoms with Crippen LogP contribution in [0.2, 0.25) is 0 Å². The van der Waals surface area contributed by atoms with E-state index in [1.54, 1.807) is 18.4 Å². The summed E-state index contributed by atoms with van der Waals surface area (Å²) in [6.07, 6.45) is 0.962. The van der Waals surface area contributed by atoms with Gasteiger partial charge in [-0.2, -0.15) is 0 Å². The van der Waals surface area contributed by atoms with Gasteiger partial charge < -0.3 is 19.6 Å². The van der Waals surface area contributed by atoms with Crippen LogP contribution >= 0.6 is 11.3 Å². The lowest BCUT2D eigenvalue weighted by molar-refractivity contribution is 0.0455. The number of ether oxygens (including phenoxy) is 1. The maximum Gasteiger partial charge on any atom is 0.263 e. The molecule has 1 fully saturated rings. The molecule has 1 aliphatic rings. The highest BCUT2D eigenvalue weighted by Crippen LogP contribution is 2.29. The zero-order valence-corrected chi connectivity index (χ0v) is 16.4. The van der Waals surface area contributed by atoms with E-state index in [0.717, 1.165) is 41.0 Å². The van der Waals surface area contributed by atoms with Gasteiger partial charge in [-0.05, 0) is 42.8 Å². The Morgan fingerprint density at radius 3 is 2.85 bits per heavy atom. The Morgan fingerprint density at radius 2 is 2.12 bits per heavy atom. The third kappa shape index (κ3) is 4.62. The molecule has 0 aliphatic carbocycles. The van der Waals surface area contributed by atoms with Gasteiger partial charge in [0.1, 0.15) is 0 Å². The number of hydrogen-bond donors (Lipinski definition) is 1. The number of benzene rings is 1. The highest BCUT2D eigenvalue weighted by Gasteiger charge is 2.31. The van der Waals surface area contributed by atoms with Crippen LogP contribution in [-0.2, 0) is 4.74 Å². The number of rotatable bonds is 7. The molecule has 1 aromatic carbocycles. The minimum atomic E-state index is 0.0916. The molecule has 1 amide bonds. The zero-order valence-electron chi connectivity index (χ0n) is 15.6. The standard InChI is InChI=1S/C20H28N2O3S/c1-21(7-8-25-2)11-15-9-16(14-23)13-22(12-15)20(24)19-10-17-5-3-4-6-18(17)26-19/h3-6,10,15-16,23H,7-9,11-14H2,1-2H3/t15-,16+/m1/s1. The van der Waals surface area contributed by atoms with Crippen molar-refractivity contribution >= 4 is 27.3 Å². The van der Waals surface area contributed by atoms with Crippen molar-refractivity contribution in [2.75, 3.05) is 53.6 Å². The summed E-state index contributed by atoms with van der Waals surface area (Å²) in [7, 11) is 3.79. The Kier molecular flexibility index (Phi) is 6.64. The predicted molar refractivity (Wildman–Crippen MR) is 106 cm³/mol. The Hall–Kier alpha value is -1.47. The fraction of sp³-hybridized carbons (Fsp3) is 0.550. The van der Waals surface area contributed by atoms with Gasteiger partial charge in [-0.15, -0.1) is 11.3 Å². The second-order valence-electron chi connectivity index (χ2n) is 7.26. The molecule has 142 valence electrons. The molecule has 2 aromatic rings. The Labute approximate surface area is 159 Å². The van der Waals surface area contributed by atoms with Gasteiger partial charge in [0.15, 0.2) is 0 Å². The molecule has 6 heteroatoms. The number of fused-ring (bicyclic) bond motifs is 1. The van der Waals surface area contributed by atoms with Gasteiger partial charge in [-0.25, -0.2) is 0 Å². The summed E-state index contributed by atoms with van der Waals surface area (Å²) >= 11 is 1.55. The molecule has 1 aromatic heterocycles. The maximum atomic E-state index is 13.1. The first kappa shape index (κ1) is 19.3. The molecule has 0 bridgehead atoms. The van der Waals surface area contributed by atoms with E-state index < -0.39 is 0 Å². The van der Waals surface area contributed by atoms with Crippen molar-refractivity contribution in [3.05, 3.63) is 35.2 Å². The molecule has 26 heavy (non-hydrogen) atoms. The van der Waals surface area contributed by atoms with E-state index in [4.69, 9.17) is 4.74 Å². The van der Waals surface area contributed by atoms with E-state index in [1.807, 2.05) is 29.2 Å². The normalized spacial score (nSPS) is 20.8. The first-order valence-corrected chi connectivity index (χ1v) is 9.98. The average molecular weight is 377 g/mol. The zero-order chi connectivity index (χ0) is 18.5. The van der Waals surface area contributed by atoms with Gasteiger partial charge in [-0.1, -0.05) is 18.2 Å². The second kappa shape index (κ2) is 8.95. The molecule has 0 saturated carbocycles. The average Bonchev–Trinajstić information content (AvgIpc) is 3.09. The molecule has 2 heterocycles. The summed E-state index contributed by atoms with van der Waals surface area (Å²) in [5.74, 6) is 0.623. The molecule has 3 rings (SSSR count). The topological polar surface area (TPSA) is 53.0 Å². The summed E-state index contributed by atoms with van der Waals surface area (Å²) in [4.78, 5) is 18.0. The van der Waals surface area contributed by atoms with E-state index >= 15 is 0 Å². The van der Waals surface area contributed by atoms with Crippen molar-refractivity contribution in [1.29, 1.82) is 0 Å². The third-order valence-corrected chi connectivity index (χ3v) is 6.16. The van der Waals surface area contributed by atoms with Crippen LogP contribution < -0.4 is 0 Å². The van der Waals surface area contributed by atoms with E-state index in [1.165, 1.54) is 0 Å². The van der Waals surface area contributed by atoms with Crippen molar-refractivity contribution < 1.29 is 14.6 Å². The van der Waals surface area contributed by atoms with Crippen LogP contribution in [-0.4, -0.2) is 74.4 Å². The highest BCUT2D eigenvalue weighted by molar-refractivity contribution is 7.20. The number of carbonyl (C=O) groups excluding carboxylic acids is 1. The number of piperidine rings is 1. The van der Waals surface area contributed by atoms with Crippen LogP contribution in [0.25, 0.3) is 10.1 Å². The van der Waals surface area contributed by atoms with Crippen molar-refractivity contribution in [2.45, 2.75) is 6.42 Å². The lowest BCUT2D eigenvalue weighted by Crippen LogP contribution is -2.47. The Balaban J connectivity index is 1.69. The number of thiophene rings is 1. The van der Waals surface area contributed by atoms with Crippen molar-refractivity contribution in [1.82, 2.24) is 9.80 Å². The number of aliphatic hydroxyl groups excluding tert-OH is 1. The lowest BCUT2D eigenvalue weighted by atomic mass is 9.89. The van der Waals surface area contributed by atoms with Crippen LogP contribution in [0.3, 0.4) is 0 Å². The SMILES string of the molecule is COCCN(C)C[C@H]1C[C@H](CO)CN(C(=O)c2cc3ccccc3s2)C1. The summed E-state index contributed by atoms with van der Waals surface area (Å²) in [6.45, 7) is 4.02. The molecular weight excluding hydrogens is 348 g/mol. The van der Waals surface area contributed by atoms with Crippen molar-refractivity contribution in [3.8, 4) is 0 Å². The van der Waals surface area contributed by atoms with Crippen LogP contribution in [0.5, 0.6) is 0 Å². The highest BCUT2D eigenvalue weighted by atomic mass is 32.1. The van der Waals surface area contributed by atoms with Crippen LogP contribution in [0.1, 0.15) is 16.1 Å². The summed E-state index contributed by atoms with van der Waals surface area (Å²) in [5.41, 5.74) is 0. The first-order chi connectivity index (χ1) is 12.6. The van der Waals surface area contributed by atoms with E-state index in [-0.39, 0.29) is 18.4 Å². The molecule has 5 nitrogen and oxygen atoms in total. The third-order valence-electron chi connectivity index (χ3n) is 5.05.